The minimum absolute atomic E-state index is 0.0283. The van der Waals surface area contributed by atoms with Crippen molar-refractivity contribution >= 4 is 30.6 Å². The predicted molar refractivity (Wildman–Crippen MR) is 109 cm³/mol. The van der Waals surface area contributed by atoms with E-state index in [9.17, 15) is 4.79 Å². The number of ether oxygens (including phenoxy) is 1. The van der Waals surface area contributed by atoms with Crippen LogP contribution in [0.1, 0.15) is 31.7 Å². The minimum atomic E-state index is -0.0581. The largest absolute Gasteiger partial charge is 0.462 e. The smallest absolute Gasteiger partial charge is 0.336 e. The summed E-state index contributed by atoms with van der Waals surface area (Å²) in [6, 6.07) is 10.6. The zero-order valence-corrected chi connectivity index (χ0v) is 17.0. The average molecular weight is 376 g/mol. The molecular formula is C19H27BO3P2. The third-order valence-corrected chi connectivity index (χ3v) is 5.59. The molecule has 1 heterocycles. The lowest BCUT2D eigenvalue weighted by Gasteiger charge is -2.22. The highest BCUT2D eigenvalue weighted by atomic mass is 31.1. The van der Waals surface area contributed by atoms with Crippen molar-refractivity contribution in [1.29, 1.82) is 0 Å². The molecular weight excluding hydrogens is 349 g/mol. The number of benzene rings is 1. The summed E-state index contributed by atoms with van der Waals surface area (Å²) in [7, 11) is 5.32. The first-order valence-electron chi connectivity index (χ1n) is 9.11. The number of aryl methyl sites for hydroxylation is 1. The summed E-state index contributed by atoms with van der Waals surface area (Å²) in [4.78, 5) is 11.6. The molecule has 3 nitrogen and oxygen atoms in total. The van der Waals surface area contributed by atoms with E-state index in [-0.39, 0.29) is 36.4 Å². The van der Waals surface area contributed by atoms with Crippen molar-refractivity contribution in [3.63, 3.8) is 0 Å². The molecule has 0 aromatic heterocycles. The van der Waals surface area contributed by atoms with E-state index < -0.39 is 0 Å². The van der Waals surface area contributed by atoms with E-state index in [0.717, 1.165) is 19.3 Å². The molecule has 1 aromatic carbocycles. The third-order valence-electron chi connectivity index (χ3n) is 5.28. The van der Waals surface area contributed by atoms with Gasteiger partial charge in [0.1, 0.15) is 6.10 Å². The Bertz CT molecular complexity index is 608. The Morgan fingerprint density at radius 3 is 2.84 bits per heavy atom. The van der Waals surface area contributed by atoms with E-state index >= 15 is 0 Å². The van der Waals surface area contributed by atoms with Gasteiger partial charge in [-0.2, -0.15) is 0 Å². The molecule has 3 rings (SSSR count). The standard InChI is InChI=1S/C19H27BO3P2/c1-13(7-9-14-5-3-2-4-6-14)8-10-15-16-11-19(21)22-17(16)12-18(15)23-20(24)25/h2-6,8,10,13,15-18H,7,9,11-12,24-25H2,1H3/b10-8+/t13-,15-,16-,17+,18-/m1/s1. The first kappa shape index (κ1) is 19.1. The van der Waals surface area contributed by atoms with Crippen molar-refractivity contribution in [3.8, 4) is 0 Å². The summed E-state index contributed by atoms with van der Waals surface area (Å²) in [5, 5.41) is 0. The average Bonchev–Trinajstić information content (AvgIpc) is 3.07. The van der Waals surface area contributed by atoms with Crippen LogP contribution in [0.4, 0.5) is 0 Å². The van der Waals surface area contributed by atoms with Crippen LogP contribution < -0.4 is 0 Å². The summed E-state index contributed by atoms with van der Waals surface area (Å²) in [6.07, 6.45) is 8.31. The number of hydrogen-bond acceptors (Lipinski definition) is 3. The van der Waals surface area contributed by atoms with E-state index in [1.807, 2.05) is 0 Å². The maximum Gasteiger partial charge on any atom is 0.336 e. The molecule has 7 atom stereocenters. The molecule has 2 aliphatic rings. The van der Waals surface area contributed by atoms with Gasteiger partial charge in [-0.3, -0.25) is 4.79 Å². The third kappa shape index (κ3) is 5.16. The molecule has 6 heteroatoms. The Morgan fingerprint density at radius 2 is 2.12 bits per heavy atom. The molecule has 0 N–H and O–H groups in total. The molecule has 1 saturated carbocycles. The van der Waals surface area contributed by atoms with Crippen LogP contribution in [-0.2, 0) is 20.6 Å². The summed E-state index contributed by atoms with van der Waals surface area (Å²) in [5.41, 5.74) is 1.38. The molecule has 0 radical (unpaired) electrons. The molecule has 1 saturated heterocycles. The van der Waals surface area contributed by atoms with E-state index in [0.29, 0.717) is 12.3 Å². The van der Waals surface area contributed by atoms with Gasteiger partial charge in [-0.25, -0.2) is 0 Å². The molecule has 2 unspecified atom stereocenters. The minimum Gasteiger partial charge on any atom is -0.462 e. The normalized spacial score (nSPS) is 29.6. The Kier molecular flexibility index (Phi) is 6.72. The molecule has 25 heavy (non-hydrogen) atoms. The van der Waals surface area contributed by atoms with E-state index in [1.165, 1.54) is 5.56 Å². The van der Waals surface area contributed by atoms with Crippen LogP contribution in [0, 0.1) is 17.8 Å². The Labute approximate surface area is 155 Å². The van der Waals surface area contributed by atoms with Gasteiger partial charge in [0, 0.05) is 18.3 Å². The number of carbonyl (C=O) groups excluding carboxylic acids is 1. The highest BCUT2D eigenvalue weighted by Crippen LogP contribution is 2.44. The zero-order chi connectivity index (χ0) is 17.8. The van der Waals surface area contributed by atoms with Gasteiger partial charge < -0.3 is 9.39 Å². The van der Waals surface area contributed by atoms with E-state index in [4.69, 9.17) is 9.39 Å². The van der Waals surface area contributed by atoms with Crippen LogP contribution in [0.3, 0.4) is 0 Å². The Morgan fingerprint density at radius 1 is 1.36 bits per heavy atom. The molecule has 2 fully saturated rings. The SMILES string of the molecule is C[C@@H](/C=C/[C@@H]1[C@H]2CC(=O)O[C@H]2C[C@H]1OB(P)P)CCc1ccccc1. The first-order chi connectivity index (χ1) is 12.0. The lowest BCUT2D eigenvalue weighted by molar-refractivity contribution is -0.141. The monoisotopic (exact) mass is 376 g/mol. The second-order valence-corrected chi connectivity index (χ2v) is 9.32. The Hall–Kier alpha value is -0.685. The van der Waals surface area contributed by atoms with Crippen molar-refractivity contribution in [2.45, 2.75) is 44.8 Å². The van der Waals surface area contributed by atoms with Gasteiger partial charge in [0.15, 0.2) is 0 Å². The van der Waals surface area contributed by atoms with Gasteiger partial charge in [-0.05, 0) is 24.3 Å². The van der Waals surface area contributed by atoms with Crippen LogP contribution in [0.5, 0.6) is 0 Å². The molecule has 1 aromatic rings. The molecule has 0 spiro atoms. The van der Waals surface area contributed by atoms with E-state index in [1.54, 1.807) is 0 Å². The molecule has 134 valence electrons. The maximum atomic E-state index is 11.6. The van der Waals surface area contributed by atoms with Gasteiger partial charge in [-0.1, -0.05) is 49.4 Å². The van der Waals surface area contributed by atoms with Crippen molar-refractivity contribution in [2.24, 2.45) is 17.8 Å². The fourth-order valence-corrected chi connectivity index (χ4v) is 4.37. The number of allylic oxidation sites excluding steroid dienone is 1. The number of rotatable bonds is 7. The lowest BCUT2D eigenvalue weighted by Crippen LogP contribution is -2.24. The van der Waals surface area contributed by atoms with Crippen LogP contribution >= 0.6 is 18.2 Å². The second-order valence-electron chi connectivity index (χ2n) is 7.23. The van der Waals surface area contributed by atoms with Crippen LogP contribution in [0.2, 0.25) is 0 Å². The highest BCUT2D eigenvalue weighted by molar-refractivity contribution is 7.92. The van der Waals surface area contributed by atoms with Crippen LogP contribution in [0.15, 0.2) is 42.5 Å². The summed E-state index contributed by atoms with van der Waals surface area (Å²) in [5.74, 6) is 0.973. The van der Waals surface area contributed by atoms with Gasteiger partial charge in [-0.15, -0.1) is 18.2 Å². The first-order valence-corrected chi connectivity index (χ1v) is 10.4. The van der Waals surface area contributed by atoms with E-state index in [2.05, 4.69) is 67.6 Å². The number of carbonyl (C=O) groups is 1. The molecule has 1 aliphatic heterocycles. The fraction of sp³-hybridized carbons (Fsp3) is 0.526. The fourth-order valence-electron chi connectivity index (χ4n) is 3.96. The molecule has 0 amide bonds. The molecule has 0 bridgehead atoms. The second kappa shape index (κ2) is 8.80. The maximum absolute atomic E-state index is 11.6. The molecule has 1 aliphatic carbocycles. The lowest BCUT2D eigenvalue weighted by atomic mass is 9.90. The summed E-state index contributed by atoms with van der Waals surface area (Å²) >= 11 is 0. The van der Waals surface area contributed by atoms with Crippen molar-refractivity contribution in [1.82, 2.24) is 0 Å². The summed E-state index contributed by atoms with van der Waals surface area (Å²) in [6.45, 7) is 2.26. The Balaban J connectivity index is 1.59. The number of esters is 1. The van der Waals surface area contributed by atoms with Crippen molar-refractivity contribution in [2.75, 3.05) is 0 Å². The van der Waals surface area contributed by atoms with Crippen molar-refractivity contribution in [3.05, 3.63) is 48.0 Å². The van der Waals surface area contributed by atoms with Gasteiger partial charge >= 0.3 is 12.3 Å². The number of fused-ring (bicyclic) bond motifs is 1. The number of hydrogen-bond donors (Lipinski definition) is 0. The van der Waals surface area contributed by atoms with Gasteiger partial charge in [0.05, 0.1) is 12.5 Å². The van der Waals surface area contributed by atoms with Crippen molar-refractivity contribution < 1.29 is 14.2 Å². The van der Waals surface area contributed by atoms with Crippen LogP contribution in [-0.4, -0.2) is 24.5 Å². The highest BCUT2D eigenvalue weighted by Gasteiger charge is 2.49. The van der Waals surface area contributed by atoms with Crippen LogP contribution in [0.25, 0.3) is 0 Å². The quantitative estimate of drug-likeness (QED) is 0.314. The zero-order valence-electron chi connectivity index (χ0n) is 14.7. The van der Waals surface area contributed by atoms with Gasteiger partial charge in [0.25, 0.3) is 0 Å². The predicted octanol–water partition coefficient (Wildman–Crippen LogP) is 3.88. The topological polar surface area (TPSA) is 35.5 Å². The summed E-state index contributed by atoms with van der Waals surface area (Å²) < 4.78 is 11.5. The van der Waals surface area contributed by atoms with Gasteiger partial charge in [0.2, 0.25) is 0 Å².